The highest BCUT2D eigenvalue weighted by atomic mass is 127. The summed E-state index contributed by atoms with van der Waals surface area (Å²) in [6, 6.07) is 8.02. The molecule has 19 heavy (non-hydrogen) atoms. The van der Waals surface area contributed by atoms with E-state index in [1.807, 2.05) is 24.3 Å². The maximum atomic E-state index is 5.67. The normalized spacial score (nSPS) is 21.4. The van der Waals surface area contributed by atoms with Gasteiger partial charge in [0.25, 0.3) is 0 Å². The monoisotopic (exact) mass is 376 g/mol. The molecule has 1 aliphatic rings. The molecule has 0 aliphatic carbocycles. The van der Waals surface area contributed by atoms with Crippen LogP contribution in [0.2, 0.25) is 0 Å². The minimum Gasteiger partial charge on any atom is -0.497 e. The van der Waals surface area contributed by atoms with Gasteiger partial charge in [0.05, 0.1) is 25.9 Å². The zero-order valence-corrected chi connectivity index (χ0v) is 13.5. The number of hydrogen-bond acceptors (Lipinski definition) is 3. The number of hydrogen-bond donors (Lipinski definition) is 0. The number of unbranched alkanes of at least 4 members (excludes halogenated alkanes) is 1. The average molecular weight is 376 g/mol. The zero-order chi connectivity index (χ0) is 13.5. The van der Waals surface area contributed by atoms with Gasteiger partial charge in [-0.05, 0) is 37.0 Å². The van der Waals surface area contributed by atoms with E-state index in [2.05, 4.69) is 22.6 Å². The molecule has 0 spiro atoms. The Kier molecular flexibility index (Phi) is 6.40. The Morgan fingerprint density at radius 2 is 1.95 bits per heavy atom. The molecule has 2 atom stereocenters. The lowest BCUT2D eigenvalue weighted by atomic mass is 10.2. The van der Waals surface area contributed by atoms with Gasteiger partial charge in [0.15, 0.2) is 0 Å². The van der Waals surface area contributed by atoms with Crippen LogP contribution in [0.4, 0.5) is 0 Å². The van der Waals surface area contributed by atoms with Crippen LogP contribution in [0.3, 0.4) is 0 Å². The van der Waals surface area contributed by atoms with Gasteiger partial charge >= 0.3 is 0 Å². The standard InChI is InChI=1S/C15H21IO3/c1-17-13-7-5-12(6-8-13)11-18-9-3-2-4-14-15(10-16)19-14/h5-8,14-15H,2-4,9-11H2,1H3/t14-,15-/m1/s1. The van der Waals surface area contributed by atoms with Crippen LogP contribution in [-0.4, -0.2) is 30.4 Å². The van der Waals surface area contributed by atoms with E-state index in [1.165, 1.54) is 18.4 Å². The number of benzene rings is 1. The maximum Gasteiger partial charge on any atom is 0.118 e. The van der Waals surface area contributed by atoms with Crippen LogP contribution in [0.5, 0.6) is 5.75 Å². The van der Waals surface area contributed by atoms with E-state index in [9.17, 15) is 0 Å². The first-order valence-electron chi connectivity index (χ1n) is 6.75. The molecule has 2 rings (SSSR count). The van der Waals surface area contributed by atoms with Crippen molar-refractivity contribution < 1.29 is 14.2 Å². The fourth-order valence-electron chi connectivity index (χ4n) is 2.03. The van der Waals surface area contributed by atoms with Crippen molar-refractivity contribution in [3.05, 3.63) is 29.8 Å². The molecule has 106 valence electrons. The van der Waals surface area contributed by atoms with Gasteiger partial charge in [-0.15, -0.1) is 0 Å². The number of halogens is 1. The van der Waals surface area contributed by atoms with Crippen molar-refractivity contribution in [1.82, 2.24) is 0 Å². The summed E-state index contributed by atoms with van der Waals surface area (Å²) in [6.45, 7) is 1.51. The van der Waals surface area contributed by atoms with E-state index in [4.69, 9.17) is 14.2 Å². The van der Waals surface area contributed by atoms with Crippen molar-refractivity contribution in [3.63, 3.8) is 0 Å². The van der Waals surface area contributed by atoms with Crippen molar-refractivity contribution >= 4 is 22.6 Å². The molecule has 1 aromatic carbocycles. The predicted octanol–water partition coefficient (Wildman–Crippen LogP) is 3.58. The summed E-state index contributed by atoms with van der Waals surface area (Å²) in [5.41, 5.74) is 1.19. The molecule has 1 heterocycles. The van der Waals surface area contributed by atoms with Crippen LogP contribution >= 0.6 is 22.6 Å². The zero-order valence-electron chi connectivity index (χ0n) is 11.3. The number of rotatable bonds is 9. The lowest BCUT2D eigenvalue weighted by molar-refractivity contribution is 0.116. The van der Waals surface area contributed by atoms with Crippen LogP contribution in [-0.2, 0) is 16.1 Å². The number of epoxide rings is 1. The van der Waals surface area contributed by atoms with Crippen molar-refractivity contribution in [2.75, 3.05) is 18.1 Å². The minimum absolute atomic E-state index is 0.526. The third-order valence-corrected chi connectivity index (χ3v) is 4.16. The van der Waals surface area contributed by atoms with Crippen LogP contribution in [0.15, 0.2) is 24.3 Å². The second-order valence-electron chi connectivity index (χ2n) is 4.76. The Bertz CT molecular complexity index is 366. The third-order valence-electron chi connectivity index (χ3n) is 3.29. The van der Waals surface area contributed by atoms with Crippen molar-refractivity contribution in [3.8, 4) is 5.75 Å². The maximum absolute atomic E-state index is 5.67. The summed E-state index contributed by atoms with van der Waals surface area (Å²) in [5, 5.41) is 0. The lowest BCUT2D eigenvalue weighted by Gasteiger charge is -2.05. The Morgan fingerprint density at radius 1 is 1.16 bits per heavy atom. The van der Waals surface area contributed by atoms with Gasteiger partial charge in [-0.3, -0.25) is 0 Å². The van der Waals surface area contributed by atoms with E-state index < -0.39 is 0 Å². The van der Waals surface area contributed by atoms with Crippen molar-refractivity contribution in [1.29, 1.82) is 0 Å². The summed E-state index contributed by atoms with van der Waals surface area (Å²) >= 11 is 2.38. The molecule has 1 aromatic rings. The predicted molar refractivity (Wildman–Crippen MR) is 84.0 cm³/mol. The van der Waals surface area contributed by atoms with E-state index in [1.54, 1.807) is 7.11 Å². The van der Waals surface area contributed by atoms with E-state index in [0.29, 0.717) is 18.8 Å². The largest absolute Gasteiger partial charge is 0.497 e. The Morgan fingerprint density at radius 3 is 2.58 bits per heavy atom. The first-order chi connectivity index (χ1) is 9.33. The summed E-state index contributed by atoms with van der Waals surface area (Å²) in [4.78, 5) is 0. The molecule has 0 N–H and O–H groups in total. The van der Waals surface area contributed by atoms with E-state index in [-0.39, 0.29) is 0 Å². The first-order valence-corrected chi connectivity index (χ1v) is 8.28. The fraction of sp³-hybridized carbons (Fsp3) is 0.600. The second-order valence-corrected chi connectivity index (χ2v) is 5.64. The molecule has 3 nitrogen and oxygen atoms in total. The summed E-state index contributed by atoms with van der Waals surface area (Å²) < 4.78 is 17.4. The highest BCUT2D eigenvalue weighted by Gasteiger charge is 2.36. The summed E-state index contributed by atoms with van der Waals surface area (Å²) in [6.07, 6.45) is 4.54. The highest BCUT2D eigenvalue weighted by molar-refractivity contribution is 14.1. The molecule has 1 saturated heterocycles. The van der Waals surface area contributed by atoms with Crippen LogP contribution in [0, 0.1) is 0 Å². The average Bonchev–Trinajstić information content (AvgIpc) is 3.22. The molecule has 0 saturated carbocycles. The van der Waals surface area contributed by atoms with Gasteiger partial charge in [-0.1, -0.05) is 34.7 Å². The summed E-state index contributed by atoms with van der Waals surface area (Å²) in [5.74, 6) is 0.887. The van der Waals surface area contributed by atoms with E-state index in [0.717, 1.165) is 23.2 Å². The quantitative estimate of drug-likeness (QED) is 0.286. The molecular formula is C15H21IO3. The smallest absolute Gasteiger partial charge is 0.118 e. The SMILES string of the molecule is COc1ccc(COCCCC[C@H]2O[C@@H]2CI)cc1. The van der Waals surface area contributed by atoms with Crippen LogP contribution < -0.4 is 4.74 Å². The number of methoxy groups -OCH3 is 1. The summed E-state index contributed by atoms with van der Waals surface area (Å²) in [7, 11) is 1.68. The van der Waals surface area contributed by atoms with Gasteiger partial charge in [-0.25, -0.2) is 0 Å². The third kappa shape index (κ3) is 5.28. The van der Waals surface area contributed by atoms with Crippen LogP contribution in [0.1, 0.15) is 24.8 Å². The van der Waals surface area contributed by atoms with Crippen molar-refractivity contribution in [2.45, 2.75) is 38.1 Å². The van der Waals surface area contributed by atoms with Gasteiger partial charge in [0.1, 0.15) is 5.75 Å². The molecular weight excluding hydrogens is 355 g/mol. The molecule has 4 heteroatoms. The first kappa shape index (κ1) is 15.1. The Hall–Kier alpha value is -0.330. The topological polar surface area (TPSA) is 31.0 Å². The Labute approximate surface area is 128 Å². The fourth-order valence-corrected chi connectivity index (χ4v) is 2.81. The Balaban J connectivity index is 1.49. The lowest BCUT2D eigenvalue weighted by Crippen LogP contribution is -1.98. The van der Waals surface area contributed by atoms with Gasteiger partial charge in [0.2, 0.25) is 0 Å². The molecule has 0 radical (unpaired) electrons. The van der Waals surface area contributed by atoms with Gasteiger partial charge in [0, 0.05) is 11.0 Å². The molecule has 1 fully saturated rings. The molecule has 0 unspecified atom stereocenters. The molecule has 0 bridgehead atoms. The second kappa shape index (κ2) is 8.07. The number of ether oxygens (including phenoxy) is 3. The highest BCUT2D eigenvalue weighted by Crippen LogP contribution is 2.28. The van der Waals surface area contributed by atoms with Crippen LogP contribution in [0.25, 0.3) is 0 Å². The molecule has 0 amide bonds. The molecule has 0 aromatic heterocycles. The number of alkyl halides is 1. The van der Waals surface area contributed by atoms with Gasteiger partial charge < -0.3 is 14.2 Å². The minimum atomic E-state index is 0.526. The molecule has 1 aliphatic heterocycles. The van der Waals surface area contributed by atoms with Crippen molar-refractivity contribution in [2.24, 2.45) is 0 Å². The van der Waals surface area contributed by atoms with Gasteiger partial charge in [-0.2, -0.15) is 0 Å². The van der Waals surface area contributed by atoms with E-state index >= 15 is 0 Å².